The van der Waals surface area contributed by atoms with Crippen LogP contribution in [0.25, 0.3) is 0 Å². The first kappa shape index (κ1) is 15.4. The maximum atomic E-state index is 12.1. The van der Waals surface area contributed by atoms with Gasteiger partial charge in [0.05, 0.1) is 0 Å². The standard InChI is InChI=1S/C15H19N3O2S/c1-9(2)12-7-5-6-8-13(12)20-10(3)14(19)16-15-18-17-11(4)21-15/h5-10H,1-4H3,(H,16,18,19)/t10-/m1/s1. The first-order chi connectivity index (χ1) is 9.97. The molecule has 0 radical (unpaired) electrons. The van der Waals surface area contributed by atoms with Gasteiger partial charge in [-0.2, -0.15) is 0 Å². The Morgan fingerprint density at radius 1 is 1.24 bits per heavy atom. The monoisotopic (exact) mass is 305 g/mol. The normalized spacial score (nSPS) is 12.2. The van der Waals surface area contributed by atoms with Crippen molar-refractivity contribution in [3.05, 3.63) is 34.8 Å². The quantitative estimate of drug-likeness (QED) is 0.920. The maximum Gasteiger partial charge on any atom is 0.266 e. The minimum atomic E-state index is -0.603. The van der Waals surface area contributed by atoms with E-state index >= 15 is 0 Å². The van der Waals surface area contributed by atoms with Crippen molar-refractivity contribution >= 4 is 22.4 Å². The predicted molar refractivity (Wildman–Crippen MR) is 83.9 cm³/mol. The van der Waals surface area contributed by atoms with Gasteiger partial charge in [-0.1, -0.05) is 43.4 Å². The first-order valence-electron chi connectivity index (χ1n) is 6.84. The fourth-order valence-corrected chi connectivity index (χ4v) is 2.46. The largest absolute Gasteiger partial charge is 0.481 e. The molecular weight excluding hydrogens is 286 g/mol. The highest BCUT2D eigenvalue weighted by Gasteiger charge is 2.18. The number of benzene rings is 1. The number of ether oxygens (including phenoxy) is 1. The number of rotatable bonds is 5. The van der Waals surface area contributed by atoms with Crippen LogP contribution in [0.2, 0.25) is 0 Å². The van der Waals surface area contributed by atoms with Gasteiger partial charge in [-0.05, 0) is 31.4 Å². The highest BCUT2D eigenvalue weighted by molar-refractivity contribution is 7.15. The molecule has 0 fully saturated rings. The molecule has 0 saturated heterocycles. The van der Waals surface area contributed by atoms with Crippen molar-refractivity contribution in [1.29, 1.82) is 0 Å². The lowest BCUT2D eigenvalue weighted by Crippen LogP contribution is -2.30. The van der Waals surface area contributed by atoms with Crippen LogP contribution in [0.5, 0.6) is 5.75 Å². The molecule has 112 valence electrons. The number of para-hydroxylation sites is 1. The molecule has 0 aliphatic rings. The Morgan fingerprint density at radius 3 is 2.57 bits per heavy atom. The van der Waals surface area contributed by atoms with Gasteiger partial charge in [-0.25, -0.2) is 0 Å². The summed E-state index contributed by atoms with van der Waals surface area (Å²) in [4.78, 5) is 12.1. The number of carbonyl (C=O) groups is 1. The van der Waals surface area contributed by atoms with E-state index in [9.17, 15) is 4.79 Å². The Kier molecular flexibility index (Phi) is 4.90. The molecule has 0 saturated carbocycles. The number of aromatic nitrogens is 2. The fourth-order valence-electron chi connectivity index (χ4n) is 1.86. The summed E-state index contributed by atoms with van der Waals surface area (Å²) in [5.41, 5.74) is 1.09. The molecule has 2 rings (SSSR count). The molecule has 1 atom stereocenters. The summed E-state index contributed by atoms with van der Waals surface area (Å²) in [7, 11) is 0. The van der Waals surface area contributed by atoms with Crippen molar-refractivity contribution in [3.8, 4) is 5.75 Å². The molecule has 21 heavy (non-hydrogen) atoms. The Labute approximate surface area is 128 Å². The molecule has 1 aromatic heterocycles. The van der Waals surface area contributed by atoms with Gasteiger partial charge in [0.25, 0.3) is 5.91 Å². The van der Waals surface area contributed by atoms with Crippen molar-refractivity contribution in [3.63, 3.8) is 0 Å². The number of carbonyl (C=O) groups excluding carboxylic acids is 1. The molecule has 0 aliphatic heterocycles. The van der Waals surface area contributed by atoms with Gasteiger partial charge in [0.15, 0.2) is 6.10 Å². The van der Waals surface area contributed by atoms with Gasteiger partial charge >= 0.3 is 0 Å². The van der Waals surface area contributed by atoms with Crippen LogP contribution in [0.15, 0.2) is 24.3 Å². The Bertz CT molecular complexity index is 625. The Morgan fingerprint density at radius 2 is 1.95 bits per heavy atom. The van der Waals surface area contributed by atoms with E-state index in [0.717, 1.165) is 16.3 Å². The molecule has 0 aliphatic carbocycles. The number of hydrogen-bond donors (Lipinski definition) is 1. The Hall–Kier alpha value is -1.95. The summed E-state index contributed by atoms with van der Waals surface area (Å²) in [6.07, 6.45) is -0.603. The van der Waals surface area contributed by atoms with E-state index in [1.54, 1.807) is 6.92 Å². The summed E-state index contributed by atoms with van der Waals surface area (Å²) in [5.74, 6) is 0.843. The maximum absolute atomic E-state index is 12.1. The number of nitrogens with one attached hydrogen (secondary N) is 1. The molecule has 2 aromatic rings. The lowest BCUT2D eigenvalue weighted by Gasteiger charge is -2.18. The van der Waals surface area contributed by atoms with E-state index in [0.29, 0.717) is 11.0 Å². The van der Waals surface area contributed by atoms with Crippen LogP contribution in [0.3, 0.4) is 0 Å². The minimum absolute atomic E-state index is 0.232. The van der Waals surface area contributed by atoms with Gasteiger partial charge < -0.3 is 4.74 Å². The number of amides is 1. The third kappa shape index (κ3) is 4.01. The highest BCUT2D eigenvalue weighted by Crippen LogP contribution is 2.27. The summed E-state index contributed by atoms with van der Waals surface area (Å²) in [6, 6.07) is 7.77. The highest BCUT2D eigenvalue weighted by atomic mass is 32.1. The summed E-state index contributed by atoms with van der Waals surface area (Å²) >= 11 is 1.34. The molecule has 1 aromatic carbocycles. The summed E-state index contributed by atoms with van der Waals surface area (Å²) in [6.45, 7) is 7.75. The van der Waals surface area contributed by atoms with E-state index < -0.39 is 6.10 Å². The molecule has 0 bridgehead atoms. The molecule has 5 nitrogen and oxygen atoms in total. The van der Waals surface area contributed by atoms with Crippen molar-refractivity contribution in [2.45, 2.75) is 39.7 Å². The van der Waals surface area contributed by atoms with Crippen LogP contribution in [-0.4, -0.2) is 22.2 Å². The van der Waals surface area contributed by atoms with Crippen molar-refractivity contribution in [1.82, 2.24) is 10.2 Å². The second-order valence-corrected chi connectivity index (χ2v) is 6.25. The molecule has 1 N–H and O–H groups in total. The SMILES string of the molecule is Cc1nnc(NC(=O)[C@@H](C)Oc2ccccc2C(C)C)s1. The zero-order valence-electron chi connectivity index (χ0n) is 12.6. The lowest BCUT2D eigenvalue weighted by atomic mass is 10.0. The molecule has 1 heterocycles. The average molecular weight is 305 g/mol. The lowest BCUT2D eigenvalue weighted by molar-refractivity contribution is -0.122. The molecule has 6 heteroatoms. The molecular formula is C15H19N3O2S. The zero-order chi connectivity index (χ0) is 15.4. The summed E-state index contributed by atoms with van der Waals surface area (Å²) < 4.78 is 5.79. The second kappa shape index (κ2) is 6.67. The third-order valence-corrected chi connectivity index (χ3v) is 3.72. The topological polar surface area (TPSA) is 64.1 Å². The van der Waals surface area contributed by atoms with Crippen LogP contribution in [0.4, 0.5) is 5.13 Å². The molecule has 1 amide bonds. The van der Waals surface area contributed by atoms with E-state index in [1.807, 2.05) is 31.2 Å². The minimum Gasteiger partial charge on any atom is -0.481 e. The second-order valence-electron chi connectivity index (χ2n) is 5.07. The van der Waals surface area contributed by atoms with Crippen LogP contribution in [-0.2, 0) is 4.79 Å². The summed E-state index contributed by atoms with van der Waals surface area (Å²) in [5, 5.41) is 11.7. The van der Waals surface area contributed by atoms with Gasteiger partial charge in [-0.3, -0.25) is 10.1 Å². The molecule has 0 unspecified atom stereocenters. The average Bonchev–Trinajstić information content (AvgIpc) is 2.84. The van der Waals surface area contributed by atoms with Crippen molar-refractivity contribution in [2.24, 2.45) is 0 Å². The first-order valence-corrected chi connectivity index (χ1v) is 7.65. The van der Waals surface area contributed by atoms with Crippen molar-refractivity contribution < 1.29 is 9.53 Å². The van der Waals surface area contributed by atoms with Gasteiger partial charge in [0.1, 0.15) is 10.8 Å². The molecule has 0 spiro atoms. The van der Waals surface area contributed by atoms with Gasteiger partial charge in [-0.15, -0.1) is 10.2 Å². The van der Waals surface area contributed by atoms with E-state index in [-0.39, 0.29) is 5.91 Å². The van der Waals surface area contributed by atoms with E-state index in [1.165, 1.54) is 11.3 Å². The number of anilines is 1. The smallest absolute Gasteiger partial charge is 0.266 e. The number of nitrogens with zero attached hydrogens (tertiary/aromatic N) is 2. The van der Waals surface area contributed by atoms with Crippen LogP contribution in [0, 0.1) is 6.92 Å². The predicted octanol–water partition coefficient (Wildman–Crippen LogP) is 3.38. The fraction of sp³-hybridized carbons (Fsp3) is 0.400. The van der Waals surface area contributed by atoms with Crippen LogP contribution < -0.4 is 10.1 Å². The van der Waals surface area contributed by atoms with E-state index in [4.69, 9.17) is 4.74 Å². The van der Waals surface area contributed by atoms with Crippen LogP contribution >= 0.6 is 11.3 Å². The number of hydrogen-bond acceptors (Lipinski definition) is 5. The Balaban J connectivity index is 2.04. The van der Waals surface area contributed by atoms with Crippen molar-refractivity contribution in [2.75, 3.05) is 5.32 Å². The zero-order valence-corrected chi connectivity index (χ0v) is 13.4. The van der Waals surface area contributed by atoms with Crippen LogP contribution in [0.1, 0.15) is 37.3 Å². The third-order valence-electron chi connectivity index (χ3n) is 2.97. The van der Waals surface area contributed by atoms with E-state index in [2.05, 4.69) is 29.4 Å². The van der Waals surface area contributed by atoms with Gasteiger partial charge in [0, 0.05) is 0 Å². The van der Waals surface area contributed by atoms with Gasteiger partial charge in [0.2, 0.25) is 5.13 Å². The number of aryl methyl sites for hydroxylation is 1.